The molecule has 0 spiro atoms. The average molecular weight is 236 g/mol. The van der Waals surface area contributed by atoms with Gasteiger partial charge in [0.15, 0.2) is 0 Å². The summed E-state index contributed by atoms with van der Waals surface area (Å²) in [5.41, 5.74) is 1.33. The van der Waals surface area contributed by atoms with Gasteiger partial charge in [0.2, 0.25) is 0 Å². The summed E-state index contributed by atoms with van der Waals surface area (Å²) in [5, 5.41) is 11.7. The Morgan fingerprint density at radius 3 is 2.88 bits per heavy atom. The third-order valence-corrected chi connectivity index (χ3v) is 3.70. The minimum Gasteiger partial charge on any atom is -0.316 e. The lowest BCUT2D eigenvalue weighted by Gasteiger charge is -2.36. The summed E-state index contributed by atoms with van der Waals surface area (Å²) in [7, 11) is 0. The minimum atomic E-state index is 0.671. The lowest BCUT2D eigenvalue weighted by atomic mass is 9.72. The molecule has 0 aliphatic heterocycles. The Labute approximate surface area is 104 Å². The van der Waals surface area contributed by atoms with Gasteiger partial charge in [0.25, 0.3) is 0 Å². The second-order valence-corrected chi connectivity index (χ2v) is 5.47. The average Bonchev–Trinajstić information content (AvgIpc) is 2.70. The quantitative estimate of drug-likeness (QED) is 0.822. The van der Waals surface area contributed by atoms with Gasteiger partial charge < -0.3 is 5.32 Å². The zero-order valence-electron chi connectivity index (χ0n) is 11.2. The molecule has 0 amide bonds. The van der Waals surface area contributed by atoms with Crippen molar-refractivity contribution in [2.24, 2.45) is 11.8 Å². The Morgan fingerprint density at radius 1 is 1.47 bits per heavy atom. The maximum Gasteiger partial charge on any atom is 0.0728 e. The molecule has 1 fully saturated rings. The van der Waals surface area contributed by atoms with E-state index in [1.807, 2.05) is 10.9 Å². The van der Waals surface area contributed by atoms with Gasteiger partial charge in [-0.2, -0.15) is 0 Å². The van der Waals surface area contributed by atoms with Crippen LogP contribution in [0.5, 0.6) is 0 Å². The molecule has 4 heteroatoms. The van der Waals surface area contributed by atoms with Gasteiger partial charge in [-0.25, -0.2) is 4.68 Å². The highest BCUT2D eigenvalue weighted by molar-refractivity contribution is 5.10. The van der Waals surface area contributed by atoms with Gasteiger partial charge in [-0.05, 0) is 44.7 Å². The molecule has 0 saturated heterocycles. The molecule has 0 aromatic carbocycles. The van der Waals surface area contributed by atoms with Gasteiger partial charge in [-0.1, -0.05) is 19.1 Å². The third-order valence-electron chi connectivity index (χ3n) is 3.70. The predicted molar refractivity (Wildman–Crippen MR) is 68.9 cm³/mol. The number of nitrogens with zero attached hydrogens (tertiary/aromatic N) is 3. The summed E-state index contributed by atoms with van der Waals surface area (Å²) in [6, 6.07) is 0. The van der Waals surface area contributed by atoms with Crippen LogP contribution in [0.1, 0.15) is 45.2 Å². The van der Waals surface area contributed by atoms with Gasteiger partial charge >= 0.3 is 0 Å². The highest BCUT2D eigenvalue weighted by atomic mass is 15.4. The number of aromatic nitrogens is 3. The molecule has 96 valence electrons. The van der Waals surface area contributed by atoms with Crippen LogP contribution in [0.4, 0.5) is 0 Å². The van der Waals surface area contributed by atoms with Crippen LogP contribution in [0.3, 0.4) is 0 Å². The summed E-state index contributed by atoms with van der Waals surface area (Å²) >= 11 is 0. The summed E-state index contributed by atoms with van der Waals surface area (Å²) in [6.07, 6.45) is 4.58. The molecule has 4 nitrogen and oxygen atoms in total. The van der Waals surface area contributed by atoms with Crippen molar-refractivity contribution in [1.82, 2.24) is 20.3 Å². The Hall–Kier alpha value is -0.900. The van der Waals surface area contributed by atoms with Crippen molar-refractivity contribution < 1.29 is 0 Å². The van der Waals surface area contributed by atoms with Crippen LogP contribution in [0.15, 0.2) is 6.20 Å². The molecule has 1 N–H and O–H groups in total. The third kappa shape index (κ3) is 2.86. The predicted octanol–water partition coefficient (Wildman–Crippen LogP) is 2.04. The van der Waals surface area contributed by atoms with Crippen LogP contribution in [0.25, 0.3) is 0 Å². The van der Waals surface area contributed by atoms with E-state index in [2.05, 4.69) is 36.4 Å². The molecule has 17 heavy (non-hydrogen) atoms. The van der Waals surface area contributed by atoms with Gasteiger partial charge in [-0.3, -0.25) is 0 Å². The molecule has 0 radical (unpaired) electrons. The second kappa shape index (κ2) is 5.63. The van der Waals surface area contributed by atoms with Crippen molar-refractivity contribution in [1.29, 1.82) is 0 Å². The first-order chi connectivity index (χ1) is 8.22. The molecule has 1 saturated carbocycles. The second-order valence-electron chi connectivity index (χ2n) is 5.47. The highest BCUT2D eigenvalue weighted by Gasteiger charge is 2.34. The zero-order valence-corrected chi connectivity index (χ0v) is 11.2. The van der Waals surface area contributed by atoms with E-state index in [4.69, 9.17) is 0 Å². The Morgan fingerprint density at radius 2 is 2.29 bits per heavy atom. The normalized spacial score (nSPS) is 24.0. The molecule has 0 bridgehead atoms. The van der Waals surface area contributed by atoms with Crippen LogP contribution in [0, 0.1) is 11.8 Å². The molecule has 1 aromatic rings. The van der Waals surface area contributed by atoms with Crippen LogP contribution < -0.4 is 5.32 Å². The largest absolute Gasteiger partial charge is 0.316 e. The van der Waals surface area contributed by atoms with Gasteiger partial charge in [-0.15, -0.1) is 5.10 Å². The van der Waals surface area contributed by atoms with E-state index in [0.29, 0.717) is 5.92 Å². The molecule has 1 aliphatic rings. The first-order valence-electron chi connectivity index (χ1n) is 6.81. The topological polar surface area (TPSA) is 42.7 Å². The molecular formula is C13H24N4. The summed E-state index contributed by atoms with van der Waals surface area (Å²) < 4.78 is 2.04. The lowest BCUT2D eigenvalue weighted by Crippen LogP contribution is -2.36. The van der Waals surface area contributed by atoms with E-state index < -0.39 is 0 Å². The zero-order chi connectivity index (χ0) is 12.3. The Balaban J connectivity index is 1.86. The summed E-state index contributed by atoms with van der Waals surface area (Å²) in [6.45, 7) is 9.82. The molecule has 1 heterocycles. The molecule has 2 rings (SSSR count). The standard InChI is InChI=1S/C13H24N4/c1-4-17-13(9-15-16-17)12-6-5-11(12)8-14-7-10(2)3/h9-12,14H,4-8H2,1-3H3. The highest BCUT2D eigenvalue weighted by Crippen LogP contribution is 2.41. The van der Waals surface area contributed by atoms with Crippen molar-refractivity contribution >= 4 is 0 Å². The molecule has 2 unspecified atom stereocenters. The first kappa shape index (κ1) is 12.6. The first-order valence-corrected chi connectivity index (χ1v) is 6.81. The minimum absolute atomic E-state index is 0.671. The van der Waals surface area contributed by atoms with Crippen LogP contribution in [-0.4, -0.2) is 28.1 Å². The van der Waals surface area contributed by atoms with Crippen molar-refractivity contribution in [3.05, 3.63) is 11.9 Å². The monoisotopic (exact) mass is 236 g/mol. The Kier molecular flexibility index (Phi) is 4.15. The fraction of sp³-hybridized carbons (Fsp3) is 0.846. The molecule has 1 aliphatic carbocycles. The maximum absolute atomic E-state index is 4.13. The fourth-order valence-corrected chi connectivity index (χ4v) is 2.56. The van der Waals surface area contributed by atoms with E-state index in [9.17, 15) is 0 Å². The van der Waals surface area contributed by atoms with E-state index >= 15 is 0 Å². The van der Waals surface area contributed by atoms with Crippen molar-refractivity contribution in [3.8, 4) is 0 Å². The fourth-order valence-electron chi connectivity index (χ4n) is 2.56. The molecule has 2 atom stereocenters. The van der Waals surface area contributed by atoms with Crippen molar-refractivity contribution in [2.45, 2.75) is 46.1 Å². The van der Waals surface area contributed by atoms with Gasteiger partial charge in [0.1, 0.15) is 0 Å². The lowest BCUT2D eigenvalue weighted by molar-refractivity contribution is 0.232. The van der Waals surface area contributed by atoms with Crippen molar-refractivity contribution in [2.75, 3.05) is 13.1 Å². The number of rotatable bonds is 6. The van der Waals surface area contributed by atoms with E-state index in [0.717, 1.165) is 31.5 Å². The van der Waals surface area contributed by atoms with Crippen LogP contribution >= 0.6 is 0 Å². The van der Waals surface area contributed by atoms with E-state index in [1.54, 1.807) is 0 Å². The number of hydrogen-bond acceptors (Lipinski definition) is 3. The summed E-state index contributed by atoms with van der Waals surface area (Å²) in [5.74, 6) is 2.18. The number of nitrogens with one attached hydrogen (secondary N) is 1. The molecule has 1 aromatic heterocycles. The van der Waals surface area contributed by atoms with E-state index in [1.165, 1.54) is 18.5 Å². The van der Waals surface area contributed by atoms with Gasteiger partial charge in [0, 0.05) is 12.5 Å². The molecular weight excluding hydrogens is 212 g/mol. The maximum atomic E-state index is 4.13. The number of aryl methyl sites for hydroxylation is 1. The van der Waals surface area contributed by atoms with Crippen molar-refractivity contribution in [3.63, 3.8) is 0 Å². The number of hydrogen-bond donors (Lipinski definition) is 1. The van der Waals surface area contributed by atoms with Crippen LogP contribution in [0.2, 0.25) is 0 Å². The Bertz CT molecular complexity index is 345. The van der Waals surface area contributed by atoms with Crippen LogP contribution in [-0.2, 0) is 6.54 Å². The SMILES string of the molecule is CCn1nncc1C1CCC1CNCC(C)C. The van der Waals surface area contributed by atoms with E-state index in [-0.39, 0.29) is 0 Å². The van der Waals surface area contributed by atoms with Gasteiger partial charge in [0.05, 0.1) is 11.9 Å². The summed E-state index contributed by atoms with van der Waals surface area (Å²) in [4.78, 5) is 0. The smallest absolute Gasteiger partial charge is 0.0728 e.